The third-order valence-electron chi connectivity index (χ3n) is 3.29. The zero-order valence-electron chi connectivity index (χ0n) is 10.3. The molecule has 0 atom stereocenters. The molecule has 0 aliphatic carbocycles. The average Bonchev–Trinajstić information content (AvgIpc) is 2.46. The third-order valence-corrected chi connectivity index (χ3v) is 3.73. The number of fused-ring (bicyclic) bond motifs is 1. The van der Waals surface area contributed by atoms with Gasteiger partial charge in [0.25, 0.3) is 0 Å². The normalized spacial score (nSPS) is 17.6. The van der Waals surface area contributed by atoms with Crippen LogP contribution in [0.25, 0.3) is 0 Å². The number of nitrogens with zero attached hydrogens (tertiary/aromatic N) is 3. The van der Waals surface area contributed by atoms with Gasteiger partial charge in [-0.3, -0.25) is 9.58 Å². The Kier molecular flexibility index (Phi) is 3.55. The summed E-state index contributed by atoms with van der Waals surface area (Å²) in [5.41, 5.74) is 2.24. The van der Waals surface area contributed by atoms with Crippen molar-refractivity contribution in [1.29, 1.82) is 0 Å². The molecule has 0 spiro atoms. The number of halogens is 1. The van der Waals surface area contributed by atoms with Crippen molar-refractivity contribution >= 4 is 11.6 Å². The number of hydrogen-bond donors (Lipinski definition) is 0. The van der Waals surface area contributed by atoms with Gasteiger partial charge in [-0.2, -0.15) is 5.10 Å². The van der Waals surface area contributed by atoms with Crippen LogP contribution in [0.1, 0.15) is 38.6 Å². The highest BCUT2D eigenvalue weighted by Crippen LogP contribution is 2.25. The molecule has 4 heteroatoms. The molecule has 2 rings (SSSR count). The van der Waals surface area contributed by atoms with Gasteiger partial charge in [0.05, 0.1) is 16.4 Å². The first-order chi connectivity index (χ1) is 7.63. The first-order valence-corrected chi connectivity index (χ1v) is 6.49. The maximum absolute atomic E-state index is 6.37. The molecule has 1 aliphatic rings. The van der Waals surface area contributed by atoms with Crippen molar-refractivity contribution in [3.05, 3.63) is 16.4 Å². The van der Waals surface area contributed by atoms with Gasteiger partial charge in [0.2, 0.25) is 0 Å². The summed E-state index contributed by atoms with van der Waals surface area (Å²) in [5.74, 6) is 0. The monoisotopic (exact) mass is 241 g/mol. The fourth-order valence-electron chi connectivity index (χ4n) is 2.23. The molecular weight excluding hydrogens is 222 g/mol. The van der Waals surface area contributed by atoms with Crippen molar-refractivity contribution in [2.24, 2.45) is 0 Å². The van der Waals surface area contributed by atoms with E-state index in [2.05, 4.69) is 35.5 Å². The predicted molar refractivity (Wildman–Crippen MR) is 66.8 cm³/mol. The lowest BCUT2D eigenvalue weighted by atomic mass is 10.2. The maximum Gasteiger partial charge on any atom is 0.0863 e. The fourth-order valence-corrected chi connectivity index (χ4v) is 2.56. The van der Waals surface area contributed by atoms with Gasteiger partial charge < -0.3 is 0 Å². The second-order valence-electron chi connectivity index (χ2n) is 4.70. The largest absolute Gasteiger partial charge is 0.295 e. The number of rotatable bonds is 2. The summed E-state index contributed by atoms with van der Waals surface area (Å²) in [6, 6.07) is 0.572. The highest BCUT2D eigenvalue weighted by molar-refractivity contribution is 6.31. The molecule has 0 saturated carbocycles. The summed E-state index contributed by atoms with van der Waals surface area (Å²) in [7, 11) is 0. The van der Waals surface area contributed by atoms with Crippen LogP contribution < -0.4 is 0 Å². The average molecular weight is 242 g/mol. The van der Waals surface area contributed by atoms with E-state index in [1.807, 2.05) is 0 Å². The Hall–Kier alpha value is -0.540. The standard InChI is InChI=1S/C12H20ClN3/c1-4-10-12(13)11-8-15(9(2)3)6-5-7-16(11)14-10/h9H,4-8H2,1-3H3. The molecule has 1 aliphatic heterocycles. The summed E-state index contributed by atoms with van der Waals surface area (Å²) < 4.78 is 2.10. The van der Waals surface area contributed by atoms with Gasteiger partial charge in [-0.1, -0.05) is 18.5 Å². The van der Waals surface area contributed by atoms with Gasteiger partial charge in [0.1, 0.15) is 0 Å². The summed E-state index contributed by atoms with van der Waals surface area (Å²) in [6.45, 7) is 9.65. The maximum atomic E-state index is 6.37. The SMILES string of the molecule is CCc1nn2c(c1Cl)CN(C(C)C)CCC2. The van der Waals surface area contributed by atoms with E-state index in [9.17, 15) is 0 Å². The molecular formula is C12H20ClN3. The number of aromatic nitrogens is 2. The molecule has 0 aromatic carbocycles. The molecule has 0 fully saturated rings. The van der Waals surface area contributed by atoms with Crippen molar-refractivity contribution in [3.63, 3.8) is 0 Å². The van der Waals surface area contributed by atoms with Gasteiger partial charge >= 0.3 is 0 Å². The Morgan fingerprint density at radius 2 is 2.12 bits per heavy atom. The van der Waals surface area contributed by atoms with E-state index in [0.29, 0.717) is 6.04 Å². The van der Waals surface area contributed by atoms with Gasteiger partial charge in [0.15, 0.2) is 0 Å². The lowest BCUT2D eigenvalue weighted by molar-refractivity contribution is 0.216. The molecule has 90 valence electrons. The van der Waals surface area contributed by atoms with E-state index < -0.39 is 0 Å². The van der Waals surface area contributed by atoms with Crippen LogP contribution in [0, 0.1) is 0 Å². The zero-order chi connectivity index (χ0) is 11.7. The van der Waals surface area contributed by atoms with Gasteiger partial charge in [-0.15, -0.1) is 0 Å². The van der Waals surface area contributed by atoms with Gasteiger partial charge in [-0.25, -0.2) is 0 Å². The quantitative estimate of drug-likeness (QED) is 0.794. The predicted octanol–water partition coefficient (Wildman–Crippen LogP) is 2.71. The minimum atomic E-state index is 0.572. The van der Waals surface area contributed by atoms with E-state index >= 15 is 0 Å². The third kappa shape index (κ3) is 2.11. The molecule has 0 amide bonds. The summed E-state index contributed by atoms with van der Waals surface area (Å²) >= 11 is 6.37. The summed E-state index contributed by atoms with van der Waals surface area (Å²) in [4.78, 5) is 2.46. The Morgan fingerprint density at radius 3 is 2.75 bits per heavy atom. The molecule has 0 N–H and O–H groups in total. The molecule has 2 heterocycles. The van der Waals surface area contributed by atoms with Crippen molar-refractivity contribution in [1.82, 2.24) is 14.7 Å². The first-order valence-electron chi connectivity index (χ1n) is 6.11. The molecule has 0 saturated heterocycles. The Bertz CT molecular complexity index is 371. The van der Waals surface area contributed by atoms with Crippen LogP contribution in [0.4, 0.5) is 0 Å². The first kappa shape index (κ1) is 11.9. The Balaban J connectivity index is 2.31. The molecule has 1 aromatic rings. The van der Waals surface area contributed by atoms with Crippen LogP contribution in [0.5, 0.6) is 0 Å². The van der Waals surface area contributed by atoms with Crippen LogP contribution in [-0.4, -0.2) is 27.3 Å². The Labute approximate surface area is 102 Å². The fraction of sp³-hybridized carbons (Fsp3) is 0.750. The molecule has 0 radical (unpaired) electrons. The van der Waals surface area contributed by atoms with Crippen LogP contribution >= 0.6 is 11.6 Å². The second kappa shape index (κ2) is 4.76. The molecule has 0 bridgehead atoms. The minimum absolute atomic E-state index is 0.572. The zero-order valence-corrected chi connectivity index (χ0v) is 11.1. The topological polar surface area (TPSA) is 21.1 Å². The molecule has 1 aromatic heterocycles. The van der Waals surface area contributed by atoms with E-state index in [1.54, 1.807) is 0 Å². The van der Waals surface area contributed by atoms with Gasteiger partial charge in [0, 0.05) is 25.7 Å². The highest BCUT2D eigenvalue weighted by Gasteiger charge is 2.21. The highest BCUT2D eigenvalue weighted by atomic mass is 35.5. The lowest BCUT2D eigenvalue weighted by Gasteiger charge is -2.23. The van der Waals surface area contributed by atoms with E-state index in [1.165, 1.54) is 5.69 Å². The molecule has 0 unspecified atom stereocenters. The smallest absolute Gasteiger partial charge is 0.0863 e. The van der Waals surface area contributed by atoms with E-state index in [-0.39, 0.29) is 0 Å². The van der Waals surface area contributed by atoms with E-state index in [0.717, 1.165) is 43.2 Å². The van der Waals surface area contributed by atoms with Crippen LogP contribution in [-0.2, 0) is 19.5 Å². The van der Waals surface area contributed by atoms with Crippen LogP contribution in [0.15, 0.2) is 0 Å². The molecule has 3 nitrogen and oxygen atoms in total. The van der Waals surface area contributed by atoms with Gasteiger partial charge in [-0.05, 0) is 26.7 Å². The van der Waals surface area contributed by atoms with Crippen LogP contribution in [0.2, 0.25) is 5.02 Å². The van der Waals surface area contributed by atoms with Crippen molar-refractivity contribution in [2.45, 2.75) is 52.7 Å². The second-order valence-corrected chi connectivity index (χ2v) is 5.08. The summed E-state index contributed by atoms with van der Waals surface area (Å²) in [6.07, 6.45) is 2.08. The van der Waals surface area contributed by atoms with E-state index in [4.69, 9.17) is 11.6 Å². The van der Waals surface area contributed by atoms with Crippen molar-refractivity contribution in [2.75, 3.05) is 6.54 Å². The molecule has 16 heavy (non-hydrogen) atoms. The summed E-state index contributed by atoms with van der Waals surface area (Å²) in [5, 5.41) is 5.46. The number of hydrogen-bond acceptors (Lipinski definition) is 2. The minimum Gasteiger partial charge on any atom is -0.295 e. The number of aryl methyl sites for hydroxylation is 2. The Morgan fingerprint density at radius 1 is 1.38 bits per heavy atom. The van der Waals surface area contributed by atoms with Crippen molar-refractivity contribution in [3.8, 4) is 0 Å². The lowest BCUT2D eigenvalue weighted by Crippen LogP contribution is -2.30. The van der Waals surface area contributed by atoms with Crippen LogP contribution in [0.3, 0.4) is 0 Å². The van der Waals surface area contributed by atoms with Crippen molar-refractivity contribution < 1.29 is 0 Å².